The van der Waals surface area contributed by atoms with Gasteiger partial charge < -0.3 is 0 Å². The second-order valence-corrected chi connectivity index (χ2v) is 2.33. The lowest BCUT2D eigenvalue weighted by Gasteiger charge is -1.89. The average Bonchev–Trinajstić information content (AvgIpc) is 1.97. The average molecular weight is 121 g/mol. The van der Waals surface area contributed by atoms with E-state index in [-0.39, 0.29) is 0 Å². The summed E-state index contributed by atoms with van der Waals surface area (Å²) in [7, 11) is 0. The fraction of sp³-hybridized carbons (Fsp3) is 0.375. The first-order chi connectivity index (χ1) is 4.29. The summed E-state index contributed by atoms with van der Waals surface area (Å²) in [6, 6.07) is 0. The van der Waals surface area contributed by atoms with Gasteiger partial charge in [0.05, 0.1) is 6.54 Å². The van der Waals surface area contributed by atoms with Crippen LogP contribution in [0.2, 0.25) is 0 Å². The molecule has 48 valence electrons. The van der Waals surface area contributed by atoms with Crippen LogP contribution in [0.25, 0.3) is 0 Å². The van der Waals surface area contributed by atoms with Crippen molar-refractivity contribution in [1.29, 1.82) is 0 Å². The Labute approximate surface area is 55.8 Å². The molecule has 0 N–H and O–H groups in total. The van der Waals surface area contributed by atoms with Crippen LogP contribution in [-0.2, 0) is 0 Å². The molecule has 0 radical (unpaired) electrons. The maximum absolute atomic E-state index is 4.27. The molecule has 0 unspecified atom stereocenters. The maximum atomic E-state index is 4.27. The smallest absolute Gasteiger partial charge is 0.0603 e. The highest BCUT2D eigenvalue weighted by Gasteiger charge is 1.89. The molecular formula is C8H11N. The molecular weight excluding hydrogens is 110 g/mol. The molecule has 0 atom stereocenters. The Kier molecular flexibility index (Phi) is 1.83. The summed E-state index contributed by atoms with van der Waals surface area (Å²) in [5.74, 6) is 0. The van der Waals surface area contributed by atoms with Crippen LogP contribution in [0.5, 0.6) is 0 Å². The quantitative estimate of drug-likeness (QED) is 0.464. The minimum Gasteiger partial charge on any atom is -0.286 e. The fourth-order valence-electron chi connectivity index (χ4n) is 0.706. The SMILES string of the molecule is CC1=CC=CC(C)=NC1. The van der Waals surface area contributed by atoms with Gasteiger partial charge in [-0.05, 0) is 19.9 Å². The van der Waals surface area contributed by atoms with Gasteiger partial charge >= 0.3 is 0 Å². The second-order valence-electron chi connectivity index (χ2n) is 2.33. The molecule has 0 saturated heterocycles. The summed E-state index contributed by atoms with van der Waals surface area (Å²) in [5, 5.41) is 0. The monoisotopic (exact) mass is 121 g/mol. The second kappa shape index (κ2) is 2.62. The van der Waals surface area contributed by atoms with Crippen molar-refractivity contribution in [1.82, 2.24) is 0 Å². The van der Waals surface area contributed by atoms with Crippen LogP contribution in [0.4, 0.5) is 0 Å². The van der Waals surface area contributed by atoms with Crippen LogP contribution >= 0.6 is 0 Å². The molecule has 0 saturated carbocycles. The van der Waals surface area contributed by atoms with Gasteiger partial charge in [0.2, 0.25) is 0 Å². The minimum atomic E-state index is 0.860. The summed E-state index contributed by atoms with van der Waals surface area (Å²) in [5.41, 5.74) is 2.44. The number of hydrogen-bond acceptors (Lipinski definition) is 1. The fourth-order valence-corrected chi connectivity index (χ4v) is 0.706. The van der Waals surface area contributed by atoms with E-state index in [9.17, 15) is 0 Å². The number of nitrogens with zero attached hydrogens (tertiary/aromatic N) is 1. The van der Waals surface area contributed by atoms with Crippen molar-refractivity contribution in [3.05, 3.63) is 23.8 Å². The normalized spacial score (nSPS) is 18.4. The van der Waals surface area contributed by atoms with Crippen molar-refractivity contribution in [2.75, 3.05) is 6.54 Å². The van der Waals surface area contributed by atoms with E-state index in [1.165, 1.54) is 5.57 Å². The molecule has 1 aliphatic heterocycles. The zero-order valence-corrected chi connectivity index (χ0v) is 5.89. The van der Waals surface area contributed by atoms with Gasteiger partial charge in [-0.15, -0.1) is 0 Å². The molecule has 9 heavy (non-hydrogen) atoms. The largest absolute Gasteiger partial charge is 0.286 e. The van der Waals surface area contributed by atoms with E-state index in [2.05, 4.69) is 18.0 Å². The Morgan fingerprint density at radius 3 is 3.00 bits per heavy atom. The predicted molar refractivity (Wildman–Crippen MR) is 40.9 cm³/mol. The number of allylic oxidation sites excluding steroid dienone is 3. The molecule has 1 heterocycles. The van der Waals surface area contributed by atoms with Crippen molar-refractivity contribution in [3.63, 3.8) is 0 Å². The molecule has 0 aliphatic carbocycles. The lowest BCUT2D eigenvalue weighted by molar-refractivity contribution is 1.14. The van der Waals surface area contributed by atoms with Gasteiger partial charge in [-0.1, -0.05) is 17.7 Å². The van der Waals surface area contributed by atoms with Crippen molar-refractivity contribution < 1.29 is 0 Å². The zero-order chi connectivity index (χ0) is 6.69. The zero-order valence-electron chi connectivity index (χ0n) is 5.89. The van der Waals surface area contributed by atoms with E-state index in [0.717, 1.165) is 12.3 Å². The predicted octanol–water partition coefficient (Wildman–Crippen LogP) is 1.96. The third-order valence-electron chi connectivity index (χ3n) is 1.30. The molecule has 0 amide bonds. The topological polar surface area (TPSA) is 12.4 Å². The van der Waals surface area contributed by atoms with Crippen molar-refractivity contribution in [3.8, 4) is 0 Å². The molecule has 1 rings (SSSR count). The maximum Gasteiger partial charge on any atom is 0.0603 e. The van der Waals surface area contributed by atoms with E-state index in [4.69, 9.17) is 0 Å². The Balaban J connectivity index is 2.75. The third kappa shape index (κ3) is 1.84. The summed E-state index contributed by atoms with van der Waals surface area (Å²) < 4.78 is 0. The van der Waals surface area contributed by atoms with Crippen LogP contribution in [0.1, 0.15) is 13.8 Å². The first-order valence-electron chi connectivity index (χ1n) is 3.14. The van der Waals surface area contributed by atoms with Crippen molar-refractivity contribution in [2.45, 2.75) is 13.8 Å². The molecule has 0 spiro atoms. The Bertz CT molecular complexity index is 182. The van der Waals surface area contributed by atoms with Crippen LogP contribution in [-0.4, -0.2) is 12.3 Å². The molecule has 0 aromatic rings. The molecule has 0 aromatic carbocycles. The highest BCUT2D eigenvalue weighted by molar-refractivity contribution is 5.93. The highest BCUT2D eigenvalue weighted by atomic mass is 14.7. The molecule has 0 aromatic heterocycles. The van der Waals surface area contributed by atoms with Gasteiger partial charge in [0.15, 0.2) is 0 Å². The van der Waals surface area contributed by atoms with Crippen LogP contribution in [0.3, 0.4) is 0 Å². The minimum absolute atomic E-state index is 0.860. The Morgan fingerprint density at radius 2 is 2.22 bits per heavy atom. The molecule has 1 nitrogen and oxygen atoms in total. The van der Waals surface area contributed by atoms with Crippen LogP contribution in [0.15, 0.2) is 28.8 Å². The van der Waals surface area contributed by atoms with Crippen molar-refractivity contribution in [2.24, 2.45) is 4.99 Å². The van der Waals surface area contributed by atoms with Gasteiger partial charge in [0.1, 0.15) is 0 Å². The Morgan fingerprint density at radius 1 is 1.44 bits per heavy atom. The van der Waals surface area contributed by atoms with Gasteiger partial charge in [0.25, 0.3) is 0 Å². The van der Waals surface area contributed by atoms with Gasteiger partial charge in [-0.2, -0.15) is 0 Å². The summed E-state index contributed by atoms with van der Waals surface area (Å²) in [4.78, 5) is 4.27. The molecule has 0 bridgehead atoms. The van der Waals surface area contributed by atoms with Crippen LogP contribution < -0.4 is 0 Å². The van der Waals surface area contributed by atoms with E-state index in [1.54, 1.807) is 0 Å². The summed E-state index contributed by atoms with van der Waals surface area (Å²) in [6.07, 6.45) is 6.16. The highest BCUT2D eigenvalue weighted by Crippen LogP contribution is 1.98. The third-order valence-corrected chi connectivity index (χ3v) is 1.30. The molecule has 1 heteroatoms. The molecule has 0 fully saturated rings. The molecule has 1 aliphatic rings. The number of aliphatic imine (C=N–C) groups is 1. The van der Waals surface area contributed by atoms with Gasteiger partial charge in [-0.3, -0.25) is 4.99 Å². The first kappa shape index (κ1) is 6.27. The first-order valence-corrected chi connectivity index (χ1v) is 3.14. The summed E-state index contributed by atoms with van der Waals surface area (Å²) >= 11 is 0. The van der Waals surface area contributed by atoms with E-state index >= 15 is 0 Å². The number of hydrogen-bond donors (Lipinski definition) is 0. The summed E-state index contributed by atoms with van der Waals surface area (Å²) in [6.45, 7) is 4.97. The van der Waals surface area contributed by atoms with E-state index < -0.39 is 0 Å². The van der Waals surface area contributed by atoms with Crippen molar-refractivity contribution >= 4 is 5.71 Å². The lowest BCUT2D eigenvalue weighted by Crippen LogP contribution is -1.85. The standard InChI is InChI=1S/C8H11N/c1-7-4-3-5-8(2)9-6-7/h3-5H,6H2,1-2H3. The number of rotatable bonds is 0. The lowest BCUT2D eigenvalue weighted by atomic mass is 10.3. The van der Waals surface area contributed by atoms with Gasteiger partial charge in [0, 0.05) is 5.71 Å². The van der Waals surface area contributed by atoms with E-state index in [1.807, 2.05) is 19.1 Å². The Hall–Kier alpha value is -0.850. The van der Waals surface area contributed by atoms with Crippen LogP contribution in [0, 0.1) is 0 Å². The van der Waals surface area contributed by atoms with Gasteiger partial charge in [-0.25, -0.2) is 0 Å². The van der Waals surface area contributed by atoms with E-state index in [0.29, 0.717) is 0 Å².